The SMILES string of the molecule is C[C@@H]([NH2+][C@H](C)c1ccccc1Cl)C(=O)NCc1ccccc1. The van der Waals surface area contributed by atoms with Crippen LogP contribution in [0.1, 0.15) is 31.0 Å². The molecule has 0 saturated heterocycles. The number of hydrogen-bond donors (Lipinski definition) is 2. The van der Waals surface area contributed by atoms with Gasteiger partial charge in [-0.1, -0.05) is 60.1 Å². The Balaban J connectivity index is 1.87. The lowest BCUT2D eigenvalue weighted by atomic mass is 10.1. The molecule has 0 bridgehead atoms. The second-order valence-electron chi connectivity index (χ2n) is 5.49. The third-order valence-electron chi connectivity index (χ3n) is 3.70. The van der Waals surface area contributed by atoms with E-state index in [1.54, 1.807) is 0 Å². The van der Waals surface area contributed by atoms with Crippen LogP contribution in [0.2, 0.25) is 5.02 Å². The molecule has 0 saturated carbocycles. The van der Waals surface area contributed by atoms with Crippen LogP contribution in [0.3, 0.4) is 0 Å². The normalized spacial score (nSPS) is 13.4. The first-order chi connectivity index (χ1) is 10.6. The largest absolute Gasteiger partial charge is 0.347 e. The third-order valence-corrected chi connectivity index (χ3v) is 4.04. The van der Waals surface area contributed by atoms with Crippen molar-refractivity contribution in [3.05, 3.63) is 70.7 Å². The van der Waals surface area contributed by atoms with Crippen LogP contribution in [0.25, 0.3) is 0 Å². The van der Waals surface area contributed by atoms with Gasteiger partial charge in [-0.05, 0) is 25.5 Å². The Kier molecular flexibility index (Phi) is 5.99. The summed E-state index contributed by atoms with van der Waals surface area (Å²) < 4.78 is 0. The maximum absolute atomic E-state index is 12.2. The Morgan fingerprint density at radius 1 is 1.09 bits per heavy atom. The summed E-state index contributed by atoms with van der Waals surface area (Å²) in [5.41, 5.74) is 2.15. The van der Waals surface area contributed by atoms with Gasteiger partial charge in [0, 0.05) is 17.1 Å². The molecule has 0 spiro atoms. The first kappa shape index (κ1) is 16.5. The number of amides is 1. The van der Waals surface area contributed by atoms with Gasteiger partial charge >= 0.3 is 0 Å². The zero-order chi connectivity index (χ0) is 15.9. The number of benzene rings is 2. The van der Waals surface area contributed by atoms with Crippen molar-refractivity contribution in [3.63, 3.8) is 0 Å². The number of nitrogens with one attached hydrogen (secondary N) is 1. The Labute approximate surface area is 136 Å². The summed E-state index contributed by atoms with van der Waals surface area (Å²) in [5.74, 6) is 0.0303. The van der Waals surface area contributed by atoms with Crippen LogP contribution in [-0.4, -0.2) is 11.9 Å². The fourth-order valence-electron chi connectivity index (χ4n) is 2.41. The molecule has 22 heavy (non-hydrogen) atoms. The second-order valence-corrected chi connectivity index (χ2v) is 5.90. The van der Waals surface area contributed by atoms with E-state index in [1.807, 2.05) is 66.8 Å². The average molecular weight is 318 g/mol. The molecule has 0 aliphatic heterocycles. The minimum Gasteiger partial charge on any atom is -0.347 e. The molecule has 0 unspecified atom stereocenters. The predicted molar refractivity (Wildman–Crippen MR) is 89.5 cm³/mol. The topological polar surface area (TPSA) is 45.7 Å². The molecule has 3 nitrogen and oxygen atoms in total. The summed E-state index contributed by atoms with van der Waals surface area (Å²) in [7, 11) is 0. The summed E-state index contributed by atoms with van der Waals surface area (Å²) in [4.78, 5) is 12.2. The summed E-state index contributed by atoms with van der Waals surface area (Å²) in [6.07, 6.45) is 0. The molecule has 116 valence electrons. The fraction of sp³-hybridized carbons (Fsp3) is 0.278. The molecule has 2 rings (SSSR count). The molecule has 0 aromatic heterocycles. The quantitative estimate of drug-likeness (QED) is 0.845. The van der Waals surface area contributed by atoms with Crippen molar-refractivity contribution in [2.75, 3.05) is 0 Å². The molecule has 0 heterocycles. The molecule has 4 heteroatoms. The molecule has 0 radical (unpaired) electrons. The van der Waals surface area contributed by atoms with E-state index in [1.165, 1.54) is 0 Å². The zero-order valence-electron chi connectivity index (χ0n) is 12.9. The van der Waals surface area contributed by atoms with Crippen molar-refractivity contribution in [2.45, 2.75) is 32.5 Å². The van der Waals surface area contributed by atoms with Crippen molar-refractivity contribution >= 4 is 17.5 Å². The fourth-order valence-corrected chi connectivity index (χ4v) is 2.72. The van der Waals surface area contributed by atoms with Crippen LogP contribution >= 0.6 is 11.6 Å². The highest BCUT2D eigenvalue weighted by atomic mass is 35.5. The van der Waals surface area contributed by atoms with Gasteiger partial charge in [0.2, 0.25) is 0 Å². The minimum atomic E-state index is -0.171. The van der Waals surface area contributed by atoms with Crippen LogP contribution in [0.15, 0.2) is 54.6 Å². The second kappa shape index (κ2) is 7.97. The van der Waals surface area contributed by atoms with E-state index in [4.69, 9.17) is 11.6 Å². The van der Waals surface area contributed by atoms with Gasteiger partial charge in [-0.25, -0.2) is 0 Å². The van der Waals surface area contributed by atoms with Crippen molar-refractivity contribution in [2.24, 2.45) is 0 Å². The molecule has 3 N–H and O–H groups in total. The Morgan fingerprint density at radius 2 is 1.73 bits per heavy atom. The number of rotatable bonds is 6. The zero-order valence-corrected chi connectivity index (χ0v) is 13.7. The van der Waals surface area contributed by atoms with Gasteiger partial charge in [-0.15, -0.1) is 0 Å². The van der Waals surface area contributed by atoms with Gasteiger partial charge in [0.25, 0.3) is 5.91 Å². The van der Waals surface area contributed by atoms with E-state index in [9.17, 15) is 4.79 Å². The van der Waals surface area contributed by atoms with E-state index >= 15 is 0 Å². The third kappa shape index (κ3) is 4.58. The number of carbonyl (C=O) groups is 1. The Bertz CT molecular complexity index is 615. The smallest absolute Gasteiger partial charge is 0.278 e. The highest BCUT2D eigenvalue weighted by molar-refractivity contribution is 6.31. The average Bonchev–Trinajstić information content (AvgIpc) is 2.53. The molecule has 0 aliphatic carbocycles. The lowest BCUT2D eigenvalue weighted by Gasteiger charge is -2.17. The van der Waals surface area contributed by atoms with E-state index in [2.05, 4.69) is 12.2 Å². The number of quaternary nitrogens is 1. The van der Waals surface area contributed by atoms with Crippen LogP contribution in [-0.2, 0) is 11.3 Å². The minimum absolute atomic E-state index is 0.0303. The standard InChI is InChI=1S/C18H21ClN2O/c1-13(16-10-6-7-11-17(16)19)21-14(2)18(22)20-12-15-8-4-3-5-9-15/h3-11,13-14,21H,12H2,1-2H3,(H,20,22)/p+1/t13-,14-/m1/s1. The van der Waals surface area contributed by atoms with Gasteiger partial charge in [-0.2, -0.15) is 0 Å². The van der Waals surface area contributed by atoms with E-state index in [0.29, 0.717) is 6.54 Å². The maximum atomic E-state index is 12.2. The lowest BCUT2D eigenvalue weighted by Crippen LogP contribution is -2.92. The molecular formula is C18H22ClN2O+. The van der Waals surface area contributed by atoms with Crippen LogP contribution in [0.4, 0.5) is 0 Å². The van der Waals surface area contributed by atoms with Gasteiger partial charge in [0.1, 0.15) is 6.04 Å². The summed E-state index contributed by atoms with van der Waals surface area (Å²) in [6.45, 7) is 4.52. The molecule has 2 atom stereocenters. The molecule has 2 aromatic rings. The van der Waals surface area contributed by atoms with Crippen LogP contribution < -0.4 is 10.6 Å². The molecule has 0 aliphatic rings. The lowest BCUT2D eigenvalue weighted by molar-refractivity contribution is -0.710. The van der Waals surface area contributed by atoms with Gasteiger partial charge in [0.15, 0.2) is 6.04 Å². The highest BCUT2D eigenvalue weighted by Gasteiger charge is 2.21. The van der Waals surface area contributed by atoms with Crippen molar-refractivity contribution < 1.29 is 10.1 Å². The predicted octanol–water partition coefficient (Wildman–Crippen LogP) is 2.67. The number of carbonyl (C=O) groups excluding carboxylic acids is 1. The summed E-state index contributed by atoms with van der Waals surface area (Å²) in [6, 6.07) is 17.6. The highest BCUT2D eigenvalue weighted by Crippen LogP contribution is 2.19. The van der Waals surface area contributed by atoms with Crippen molar-refractivity contribution in [3.8, 4) is 0 Å². The molecule has 2 aromatic carbocycles. The van der Waals surface area contributed by atoms with Gasteiger partial charge < -0.3 is 10.6 Å². The van der Waals surface area contributed by atoms with Crippen LogP contribution in [0, 0.1) is 0 Å². The molecule has 0 fully saturated rings. The number of hydrogen-bond acceptors (Lipinski definition) is 1. The Hall–Kier alpha value is -1.84. The first-order valence-electron chi connectivity index (χ1n) is 7.49. The molecule has 1 amide bonds. The number of nitrogens with two attached hydrogens (primary N) is 1. The van der Waals surface area contributed by atoms with Gasteiger partial charge in [-0.3, -0.25) is 4.79 Å². The summed E-state index contributed by atoms with van der Waals surface area (Å²) >= 11 is 6.20. The monoisotopic (exact) mass is 317 g/mol. The molecular weight excluding hydrogens is 296 g/mol. The van der Waals surface area contributed by atoms with Crippen molar-refractivity contribution in [1.29, 1.82) is 0 Å². The number of halogens is 1. The van der Waals surface area contributed by atoms with E-state index < -0.39 is 0 Å². The van der Waals surface area contributed by atoms with E-state index in [-0.39, 0.29) is 18.0 Å². The maximum Gasteiger partial charge on any atom is 0.278 e. The van der Waals surface area contributed by atoms with Crippen LogP contribution in [0.5, 0.6) is 0 Å². The van der Waals surface area contributed by atoms with Crippen molar-refractivity contribution in [1.82, 2.24) is 5.32 Å². The summed E-state index contributed by atoms with van der Waals surface area (Å²) in [5, 5.41) is 5.74. The first-order valence-corrected chi connectivity index (χ1v) is 7.86. The van der Waals surface area contributed by atoms with E-state index in [0.717, 1.165) is 16.1 Å². The van der Waals surface area contributed by atoms with Gasteiger partial charge in [0.05, 0.1) is 0 Å². The Morgan fingerprint density at radius 3 is 2.41 bits per heavy atom.